The summed E-state index contributed by atoms with van der Waals surface area (Å²) in [5.74, 6) is 1.24. The molecule has 0 spiro atoms. The van der Waals surface area contributed by atoms with Gasteiger partial charge in [-0.25, -0.2) is 4.98 Å². The van der Waals surface area contributed by atoms with Crippen molar-refractivity contribution < 1.29 is 0 Å². The summed E-state index contributed by atoms with van der Waals surface area (Å²) in [6.45, 7) is 4.54. The number of thiophene rings is 1. The molecule has 0 saturated carbocycles. The molecule has 0 unspecified atom stereocenters. The molecule has 0 saturated heterocycles. The number of aromatic amines is 1. The average Bonchev–Trinajstić information content (AvgIpc) is 2.59. The van der Waals surface area contributed by atoms with Gasteiger partial charge < -0.3 is 10.3 Å². The Morgan fingerprint density at radius 3 is 2.88 bits per heavy atom. The molecule has 4 nitrogen and oxygen atoms in total. The maximum atomic E-state index is 11.2. The van der Waals surface area contributed by atoms with E-state index in [4.69, 9.17) is 0 Å². The summed E-state index contributed by atoms with van der Waals surface area (Å²) in [5.41, 5.74) is 2.38. The van der Waals surface area contributed by atoms with E-state index < -0.39 is 0 Å². The number of anilines is 1. The fourth-order valence-electron chi connectivity index (χ4n) is 1.42. The SMILES string of the molecule is Cc1nc(NCc2cscc2C)cc(=O)[nH]1. The van der Waals surface area contributed by atoms with Crippen LogP contribution in [0.25, 0.3) is 0 Å². The van der Waals surface area contributed by atoms with Crippen molar-refractivity contribution in [2.24, 2.45) is 0 Å². The molecule has 0 bridgehead atoms. The second-order valence-electron chi connectivity index (χ2n) is 3.65. The predicted molar refractivity (Wildman–Crippen MR) is 66.0 cm³/mol. The highest BCUT2D eigenvalue weighted by Gasteiger charge is 2.01. The molecule has 2 aromatic heterocycles. The van der Waals surface area contributed by atoms with Gasteiger partial charge in [-0.2, -0.15) is 11.3 Å². The van der Waals surface area contributed by atoms with E-state index in [0.717, 1.165) is 0 Å². The monoisotopic (exact) mass is 235 g/mol. The Balaban J connectivity index is 2.10. The fraction of sp³-hybridized carbons (Fsp3) is 0.273. The lowest BCUT2D eigenvalue weighted by molar-refractivity contribution is 0.996. The summed E-state index contributed by atoms with van der Waals surface area (Å²) >= 11 is 1.68. The first-order valence-electron chi connectivity index (χ1n) is 4.98. The topological polar surface area (TPSA) is 57.8 Å². The van der Waals surface area contributed by atoms with Crippen LogP contribution >= 0.6 is 11.3 Å². The van der Waals surface area contributed by atoms with Crippen LogP contribution in [0.2, 0.25) is 0 Å². The van der Waals surface area contributed by atoms with Crippen molar-refractivity contribution in [3.05, 3.63) is 44.1 Å². The van der Waals surface area contributed by atoms with Crippen molar-refractivity contribution in [2.75, 3.05) is 5.32 Å². The molecule has 0 atom stereocenters. The van der Waals surface area contributed by atoms with Crippen molar-refractivity contribution in [1.29, 1.82) is 0 Å². The van der Waals surface area contributed by atoms with E-state index in [-0.39, 0.29) is 5.56 Å². The van der Waals surface area contributed by atoms with Crippen LogP contribution in [-0.4, -0.2) is 9.97 Å². The van der Waals surface area contributed by atoms with Crippen LogP contribution in [0.3, 0.4) is 0 Å². The van der Waals surface area contributed by atoms with E-state index in [9.17, 15) is 4.79 Å². The first-order valence-corrected chi connectivity index (χ1v) is 5.93. The van der Waals surface area contributed by atoms with Gasteiger partial charge in [0.1, 0.15) is 11.6 Å². The van der Waals surface area contributed by atoms with Crippen molar-refractivity contribution in [3.8, 4) is 0 Å². The molecular formula is C11H13N3OS. The van der Waals surface area contributed by atoms with Crippen molar-refractivity contribution in [3.63, 3.8) is 0 Å². The molecule has 0 fully saturated rings. The largest absolute Gasteiger partial charge is 0.366 e. The van der Waals surface area contributed by atoms with Crippen LogP contribution in [0.15, 0.2) is 21.6 Å². The average molecular weight is 235 g/mol. The smallest absolute Gasteiger partial charge is 0.252 e. The molecule has 84 valence electrons. The Labute approximate surface area is 97.4 Å². The molecule has 0 aliphatic carbocycles. The second-order valence-corrected chi connectivity index (χ2v) is 4.39. The van der Waals surface area contributed by atoms with Gasteiger partial charge in [-0.05, 0) is 35.7 Å². The summed E-state index contributed by atoms with van der Waals surface area (Å²) in [7, 11) is 0. The Morgan fingerprint density at radius 1 is 1.44 bits per heavy atom. The molecule has 2 rings (SSSR count). The van der Waals surface area contributed by atoms with Gasteiger partial charge >= 0.3 is 0 Å². The minimum absolute atomic E-state index is 0.128. The van der Waals surface area contributed by atoms with Gasteiger partial charge in [-0.3, -0.25) is 4.79 Å². The van der Waals surface area contributed by atoms with Crippen molar-refractivity contribution in [1.82, 2.24) is 9.97 Å². The Hall–Kier alpha value is -1.62. The van der Waals surface area contributed by atoms with Gasteiger partial charge in [0.15, 0.2) is 0 Å². The summed E-state index contributed by atoms with van der Waals surface area (Å²) in [5, 5.41) is 7.35. The van der Waals surface area contributed by atoms with Crippen LogP contribution < -0.4 is 10.9 Å². The molecule has 2 heterocycles. The number of H-pyrrole nitrogens is 1. The molecular weight excluding hydrogens is 222 g/mol. The van der Waals surface area contributed by atoms with E-state index >= 15 is 0 Å². The molecule has 0 aliphatic heterocycles. The number of aryl methyl sites for hydroxylation is 2. The zero-order valence-corrected chi connectivity index (χ0v) is 10.0. The first kappa shape index (κ1) is 10.9. The van der Waals surface area contributed by atoms with E-state index in [0.29, 0.717) is 18.2 Å². The van der Waals surface area contributed by atoms with Crippen LogP contribution in [0, 0.1) is 13.8 Å². The molecule has 0 radical (unpaired) electrons. The van der Waals surface area contributed by atoms with Crippen molar-refractivity contribution in [2.45, 2.75) is 20.4 Å². The highest BCUT2D eigenvalue weighted by atomic mass is 32.1. The van der Waals surface area contributed by atoms with Gasteiger partial charge in [0, 0.05) is 12.6 Å². The van der Waals surface area contributed by atoms with E-state index in [2.05, 4.69) is 33.0 Å². The predicted octanol–water partition coefficient (Wildman–Crippen LogP) is 2.06. The van der Waals surface area contributed by atoms with Gasteiger partial charge in [0.05, 0.1) is 0 Å². The fourth-order valence-corrected chi connectivity index (χ4v) is 2.28. The van der Waals surface area contributed by atoms with Crippen LogP contribution in [0.5, 0.6) is 0 Å². The third-order valence-electron chi connectivity index (χ3n) is 2.28. The van der Waals surface area contributed by atoms with Crippen LogP contribution in [0.1, 0.15) is 17.0 Å². The molecule has 0 aromatic carbocycles. The Kier molecular flexibility index (Phi) is 3.05. The van der Waals surface area contributed by atoms with E-state index in [1.807, 2.05) is 0 Å². The Bertz CT molecular complexity index is 544. The summed E-state index contributed by atoms with van der Waals surface area (Å²) in [4.78, 5) is 18.0. The molecule has 2 aromatic rings. The van der Waals surface area contributed by atoms with Gasteiger partial charge in [0.25, 0.3) is 5.56 Å². The highest BCUT2D eigenvalue weighted by Crippen LogP contribution is 2.14. The molecule has 16 heavy (non-hydrogen) atoms. The number of hydrogen-bond acceptors (Lipinski definition) is 4. The van der Waals surface area contributed by atoms with E-state index in [1.54, 1.807) is 18.3 Å². The Morgan fingerprint density at radius 2 is 2.25 bits per heavy atom. The molecule has 0 aliphatic rings. The lowest BCUT2D eigenvalue weighted by atomic mass is 10.2. The van der Waals surface area contributed by atoms with Gasteiger partial charge in [0.2, 0.25) is 0 Å². The molecule has 0 amide bonds. The van der Waals surface area contributed by atoms with Crippen LogP contribution in [-0.2, 0) is 6.54 Å². The lowest BCUT2D eigenvalue weighted by Gasteiger charge is -2.05. The molecule has 2 N–H and O–H groups in total. The number of aromatic nitrogens is 2. The highest BCUT2D eigenvalue weighted by molar-refractivity contribution is 7.08. The zero-order chi connectivity index (χ0) is 11.5. The zero-order valence-electron chi connectivity index (χ0n) is 9.20. The number of nitrogens with zero attached hydrogens (tertiary/aromatic N) is 1. The summed E-state index contributed by atoms with van der Waals surface area (Å²) in [6, 6.07) is 1.47. The summed E-state index contributed by atoms with van der Waals surface area (Å²) in [6.07, 6.45) is 0. The minimum Gasteiger partial charge on any atom is -0.366 e. The molecule has 5 heteroatoms. The number of nitrogens with one attached hydrogen (secondary N) is 2. The van der Waals surface area contributed by atoms with Crippen molar-refractivity contribution >= 4 is 17.2 Å². The number of hydrogen-bond donors (Lipinski definition) is 2. The quantitative estimate of drug-likeness (QED) is 0.856. The van der Waals surface area contributed by atoms with E-state index in [1.165, 1.54) is 17.2 Å². The minimum atomic E-state index is -0.128. The lowest BCUT2D eigenvalue weighted by Crippen LogP contribution is -2.11. The normalized spacial score (nSPS) is 10.4. The third kappa shape index (κ3) is 2.49. The van der Waals surface area contributed by atoms with Gasteiger partial charge in [-0.1, -0.05) is 0 Å². The summed E-state index contributed by atoms with van der Waals surface area (Å²) < 4.78 is 0. The van der Waals surface area contributed by atoms with Gasteiger partial charge in [-0.15, -0.1) is 0 Å². The maximum Gasteiger partial charge on any atom is 0.252 e. The standard InChI is InChI=1S/C11H13N3OS/c1-7-5-16-6-9(7)4-12-10-3-11(15)14-8(2)13-10/h3,5-6H,4H2,1-2H3,(H2,12,13,14,15). The van der Waals surface area contributed by atoms with Crippen LogP contribution in [0.4, 0.5) is 5.82 Å². The number of rotatable bonds is 3. The maximum absolute atomic E-state index is 11.2. The second kappa shape index (κ2) is 4.49. The third-order valence-corrected chi connectivity index (χ3v) is 3.19. The first-order chi connectivity index (χ1) is 7.65.